The zero-order valence-corrected chi connectivity index (χ0v) is 24.0. The third-order valence-electron chi connectivity index (χ3n) is 6.93. The van der Waals surface area contributed by atoms with Crippen LogP contribution in [-0.4, -0.2) is 70.3 Å². The van der Waals surface area contributed by atoms with Gasteiger partial charge in [0.2, 0.25) is 11.8 Å². The van der Waals surface area contributed by atoms with Crippen LogP contribution in [-0.2, 0) is 27.3 Å². The number of benzene rings is 1. The Labute approximate surface area is 243 Å². The number of halogens is 2. The van der Waals surface area contributed by atoms with Crippen molar-refractivity contribution in [3.63, 3.8) is 0 Å². The number of H-pyrrole nitrogens is 1. The van der Waals surface area contributed by atoms with Gasteiger partial charge in [0.1, 0.15) is 13.2 Å². The number of nitrogens with one attached hydrogen (secondary N) is 2. The van der Waals surface area contributed by atoms with Crippen LogP contribution in [0.1, 0.15) is 68.2 Å². The molecule has 0 aliphatic carbocycles. The molecule has 10 nitrogen and oxygen atoms in total. The van der Waals surface area contributed by atoms with Crippen molar-refractivity contribution in [3.05, 3.63) is 39.0 Å². The van der Waals surface area contributed by atoms with Crippen LogP contribution < -0.4 is 11.1 Å². The van der Waals surface area contributed by atoms with E-state index in [1.54, 1.807) is 17.0 Å². The van der Waals surface area contributed by atoms with Gasteiger partial charge in [-0.05, 0) is 25.0 Å². The number of fused-ring (bicyclic) bond motifs is 3. The number of carbonyl (C=O) groups excluding carboxylic acids is 2. The molecule has 2 heterocycles. The van der Waals surface area contributed by atoms with Crippen molar-refractivity contribution in [2.75, 3.05) is 26.2 Å². The molecule has 2 amide bonds. The van der Waals surface area contributed by atoms with Crippen LogP contribution in [0.5, 0.6) is 0 Å². The second-order valence-corrected chi connectivity index (χ2v) is 10.6. The minimum Gasteiger partial charge on any atom is -0.481 e. The maximum atomic E-state index is 12.1. The molecule has 2 aromatic rings. The first-order chi connectivity index (χ1) is 19.2. The maximum absolute atomic E-state index is 12.1. The van der Waals surface area contributed by atoms with Crippen molar-refractivity contribution < 1.29 is 24.6 Å². The Morgan fingerprint density at radius 1 is 1.12 bits per heavy atom. The zero-order valence-electron chi connectivity index (χ0n) is 22.5. The Bertz CT molecular complexity index is 1270. The number of aliphatic hydroxyl groups excluding tert-OH is 1. The van der Waals surface area contributed by atoms with Crippen LogP contribution in [0.15, 0.2) is 17.1 Å². The standard InChI is InChI=1S/C28H37Cl2N5O5/c29-20-14-18(26-19-16-35(24(38)17-36)13-10-22(19)34-28(26)27(20)30)21(31)9-12-32-15-23(37)33-11-7-5-3-1-2-4-6-8-25(39)40/h9,12,14,34,36H,1-8,10-11,13,15-17,31H2,(H,33,37)(H,39,40)/b21-9-,32-12?. The Hall–Kier alpha value is -3.08. The number of rotatable bonds is 15. The topological polar surface area (TPSA) is 161 Å². The van der Waals surface area contributed by atoms with E-state index in [1.807, 2.05) is 0 Å². The van der Waals surface area contributed by atoms with Gasteiger partial charge in [0.05, 0.1) is 15.6 Å². The third kappa shape index (κ3) is 8.71. The summed E-state index contributed by atoms with van der Waals surface area (Å²) >= 11 is 12.9. The lowest BCUT2D eigenvalue weighted by Gasteiger charge is -2.27. The van der Waals surface area contributed by atoms with Gasteiger partial charge in [-0.2, -0.15) is 0 Å². The van der Waals surface area contributed by atoms with Crippen molar-refractivity contribution in [3.8, 4) is 0 Å². The molecule has 0 radical (unpaired) electrons. The van der Waals surface area contributed by atoms with Gasteiger partial charge >= 0.3 is 5.97 Å². The highest BCUT2D eigenvalue weighted by atomic mass is 35.5. The Morgan fingerprint density at radius 2 is 1.82 bits per heavy atom. The molecule has 1 aromatic heterocycles. The number of aliphatic carboxylic acids is 1. The van der Waals surface area contributed by atoms with Crippen molar-refractivity contribution in [2.45, 2.75) is 64.3 Å². The SMILES string of the molecule is N/C(=C\C=NCC(=O)NCCCCCCCCCC(=O)O)c1cc(Cl)c(Cl)c2[nH]c3c(c12)CN(C(=O)CO)CC3. The number of allylic oxidation sites excluding steroid dienone is 1. The van der Waals surface area contributed by atoms with Gasteiger partial charge in [0.15, 0.2) is 0 Å². The van der Waals surface area contributed by atoms with Gasteiger partial charge in [-0.3, -0.25) is 19.4 Å². The van der Waals surface area contributed by atoms with Crippen LogP contribution in [0.25, 0.3) is 16.6 Å². The van der Waals surface area contributed by atoms with Crippen LogP contribution >= 0.6 is 23.2 Å². The number of carboxylic acid groups (broad SMARTS) is 1. The third-order valence-corrected chi connectivity index (χ3v) is 7.71. The summed E-state index contributed by atoms with van der Waals surface area (Å²) in [6.07, 6.45) is 10.6. The fourth-order valence-corrected chi connectivity index (χ4v) is 5.21. The van der Waals surface area contributed by atoms with E-state index in [9.17, 15) is 19.5 Å². The summed E-state index contributed by atoms with van der Waals surface area (Å²) in [5, 5.41) is 22.2. The molecule has 1 aromatic carbocycles. The molecular weight excluding hydrogens is 557 g/mol. The Morgan fingerprint density at radius 3 is 2.52 bits per heavy atom. The molecule has 40 heavy (non-hydrogen) atoms. The highest BCUT2D eigenvalue weighted by Crippen LogP contribution is 2.39. The van der Waals surface area contributed by atoms with Crippen LogP contribution in [0.3, 0.4) is 0 Å². The highest BCUT2D eigenvalue weighted by molar-refractivity contribution is 6.45. The van der Waals surface area contributed by atoms with E-state index in [1.165, 1.54) is 6.21 Å². The van der Waals surface area contributed by atoms with E-state index in [0.717, 1.165) is 61.6 Å². The van der Waals surface area contributed by atoms with E-state index in [4.69, 9.17) is 34.0 Å². The van der Waals surface area contributed by atoms with Crippen molar-refractivity contribution in [1.29, 1.82) is 0 Å². The summed E-state index contributed by atoms with van der Waals surface area (Å²) in [6, 6.07) is 1.68. The van der Waals surface area contributed by atoms with E-state index in [2.05, 4.69) is 15.3 Å². The number of carbonyl (C=O) groups is 3. The minimum absolute atomic E-state index is 0.0259. The molecule has 0 fully saturated rings. The molecular formula is C28H37Cl2N5O5. The average molecular weight is 595 g/mol. The molecule has 3 rings (SSSR count). The molecule has 1 aliphatic rings. The first-order valence-electron chi connectivity index (χ1n) is 13.6. The predicted molar refractivity (Wildman–Crippen MR) is 158 cm³/mol. The fourth-order valence-electron chi connectivity index (χ4n) is 4.81. The van der Waals surface area contributed by atoms with Gasteiger partial charge in [0, 0.05) is 66.6 Å². The number of aliphatic hydroxyl groups is 1. The first kappa shape index (κ1) is 31.4. The molecule has 0 bridgehead atoms. The van der Waals surface area contributed by atoms with E-state index < -0.39 is 12.6 Å². The fraction of sp³-hybridized carbons (Fsp3) is 0.500. The van der Waals surface area contributed by atoms with Gasteiger partial charge in [-0.1, -0.05) is 55.3 Å². The highest BCUT2D eigenvalue weighted by Gasteiger charge is 2.27. The minimum atomic E-state index is -0.742. The molecule has 0 spiro atoms. The zero-order chi connectivity index (χ0) is 29.1. The van der Waals surface area contributed by atoms with Gasteiger partial charge < -0.3 is 31.1 Å². The normalized spacial score (nSPS) is 13.7. The number of unbranched alkanes of at least 4 members (excludes halogenated alkanes) is 6. The second-order valence-electron chi connectivity index (χ2n) is 9.86. The maximum Gasteiger partial charge on any atom is 0.303 e. The summed E-state index contributed by atoms with van der Waals surface area (Å²) in [7, 11) is 0. The molecule has 218 valence electrons. The van der Waals surface area contributed by atoms with E-state index in [0.29, 0.717) is 52.9 Å². The van der Waals surface area contributed by atoms with Gasteiger partial charge in [0.25, 0.3) is 0 Å². The van der Waals surface area contributed by atoms with Crippen LogP contribution in [0.4, 0.5) is 0 Å². The number of hydrogen-bond acceptors (Lipinski definition) is 6. The largest absolute Gasteiger partial charge is 0.481 e. The number of carboxylic acids is 1. The lowest BCUT2D eigenvalue weighted by atomic mass is 9.99. The average Bonchev–Trinajstić information content (AvgIpc) is 3.32. The number of aromatic amines is 1. The Balaban J connectivity index is 1.51. The molecule has 6 N–H and O–H groups in total. The van der Waals surface area contributed by atoms with Gasteiger partial charge in [-0.15, -0.1) is 0 Å². The first-order valence-corrected chi connectivity index (χ1v) is 14.3. The van der Waals surface area contributed by atoms with E-state index in [-0.39, 0.29) is 24.8 Å². The summed E-state index contributed by atoms with van der Waals surface area (Å²) in [5.74, 6) is -1.27. The monoisotopic (exact) mass is 593 g/mol. The van der Waals surface area contributed by atoms with Gasteiger partial charge in [-0.25, -0.2) is 0 Å². The number of nitrogens with zero attached hydrogens (tertiary/aromatic N) is 2. The molecule has 1 aliphatic heterocycles. The van der Waals surface area contributed by atoms with Crippen LogP contribution in [0.2, 0.25) is 10.0 Å². The van der Waals surface area contributed by atoms with Crippen LogP contribution in [0, 0.1) is 0 Å². The summed E-state index contributed by atoms with van der Waals surface area (Å²) in [4.78, 5) is 43.8. The van der Waals surface area contributed by atoms with Crippen molar-refractivity contribution in [2.24, 2.45) is 10.7 Å². The molecule has 0 saturated carbocycles. The summed E-state index contributed by atoms with van der Waals surface area (Å²) in [6.45, 7) is 0.799. The summed E-state index contributed by atoms with van der Waals surface area (Å²) < 4.78 is 0. The summed E-state index contributed by atoms with van der Waals surface area (Å²) in [5.41, 5.74) is 9.87. The predicted octanol–water partition coefficient (Wildman–Crippen LogP) is 4.04. The number of aliphatic imine (C=N–C) groups is 1. The number of nitrogens with two attached hydrogens (primary N) is 1. The lowest BCUT2D eigenvalue weighted by Crippen LogP contribution is -2.37. The molecule has 0 saturated heterocycles. The number of amides is 2. The Kier molecular flexibility index (Phi) is 12.3. The molecule has 0 unspecified atom stereocenters. The lowest BCUT2D eigenvalue weighted by molar-refractivity contribution is -0.137. The number of aromatic nitrogens is 1. The smallest absolute Gasteiger partial charge is 0.303 e. The quantitative estimate of drug-likeness (QED) is 0.155. The van der Waals surface area contributed by atoms with Crippen molar-refractivity contribution >= 4 is 63.8 Å². The number of hydrogen-bond donors (Lipinski definition) is 5. The van der Waals surface area contributed by atoms with E-state index >= 15 is 0 Å². The molecule has 0 atom stereocenters. The second kappa shape index (κ2) is 15.6. The molecule has 12 heteroatoms. The van der Waals surface area contributed by atoms with Crippen molar-refractivity contribution in [1.82, 2.24) is 15.2 Å².